The summed E-state index contributed by atoms with van der Waals surface area (Å²) in [6.45, 7) is 3.36. The molecule has 0 aliphatic heterocycles. The van der Waals surface area contributed by atoms with E-state index < -0.39 is 28.5 Å². The summed E-state index contributed by atoms with van der Waals surface area (Å²) in [5.74, 6) is -0.367. The second kappa shape index (κ2) is 12.8. The van der Waals surface area contributed by atoms with Crippen LogP contribution in [0, 0.1) is 6.92 Å². The van der Waals surface area contributed by atoms with E-state index in [0.29, 0.717) is 17.2 Å². The zero-order chi connectivity index (χ0) is 27.9. The van der Waals surface area contributed by atoms with Gasteiger partial charge in [-0.15, -0.1) is 0 Å². The van der Waals surface area contributed by atoms with Gasteiger partial charge in [0.1, 0.15) is 18.3 Å². The summed E-state index contributed by atoms with van der Waals surface area (Å²) >= 11 is 6.19. The van der Waals surface area contributed by atoms with Gasteiger partial charge in [0.15, 0.2) is 0 Å². The molecule has 1 atom stereocenters. The van der Waals surface area contributed by atoms with Gasteiger partial charge in [0.2, 0.25) is 11.8 Å². The maximum atomic E-state index is 13.9. The zero-order valence-electron chi connectivity index (χ0n) is 21.8. The molecule has 0 aliphatic rings. The standard InChI is InChI=1S/C28H32ClN3O5S/c1-5-26(28(34)30-3)31(18-21-11-9-20(2)10-12-21)27(33)19-32(23-8-6-7-22(29)17-23)38(35,36)25-15-13-24(37-4)14-16-25/h6-17,26H,5,18-19H2,1-4H3,(H,30,34)/t26-/m0/s1. The molecular formula is C28H32ClN3O5S. The number of carbonyl (C=O) groups excluding carboxylic acids is 2. The van der Waals surface area contributed by atoms with Crippen molar-refractivity contribution >= 4 is 39.1 Å². The second-order valence-corrected chi connectivity index (χ2v) is 11.0. The molecule has 0 saturated heterocycles. The number of aryl methyl sites for hydroxylation is 1. The molecule has 0 fully saturated rings. The number of benzene rings is 3. The number of likely N-dealkylation sites (N-methyl/N-ethyl adjacent to an activating group) is 1. The Kier molecular flexibility index (Phi) is 9.77. The van der Waals surface area contributed by atoms with Crippen LogP contribution in [0.5, 0.6) is 5.75 Å². The van der Waals surface area contributed by atoms with Gasteiger partial charge in [0.05, 0.1) is 17.7 Å². The van der Waals surface area contributed by atoms with Gasteiger partial charge < -0.3 is 15.0 Å². The lowest BCUT2D eigenvalue weighted by Crippen LogP contribution is -2.51. The van der Waals surface area contributed by atoms with Crippen molar-refractivity contribution in [1.82, 2.24) is 10.2 Å². The van der Waals surface area contributed by atoms with E-state index in [9.17, 15) is 18.0 Å². The van der Waals surface area contributed by atoms with Crippen molar-refractivity contribution in [1.29, 1.82) is 0 Å². The molecule has 202 valence electrons. The van der Waals surface area contributed by atoms with E-state index in [-0.39, 0.29) is 23.0 Å². The van der Waals surface area contributed by atoms with Crippen LogP contribution in [0.2, 0.25) is 5.02 Å². The number of carbonyl (C=O) groups is 2. The van der Waals surface area contributed by atoms with Gasteiger partial charge in [-0.3, -0.25) is 13.9 Å². The van der Waals surface area contributed by atoms with Crippen molar-refractivity contribution < 1.29 is 22.7 Å². The number of anilines is 1. The van der Waals surface area contributed by atoms with E-state index in [4.69, 9.17) is 16.3 Å². The first kappa shape index (κ1) is 29.0. The summed E-state index contributed by atoms with van der Waals surface area (Å²) < 4.78 is 33.8. The number of hydrogen-bond acceptors (Lipinski definition) is 5. The maximum absolute atomic E-state index is 13.9. The van der Waals surface area contributed by atoms with Crippen molar-refractivity contribution in [3.8, 4) is 5.75 Å². The molecule has 0 spiro atoms. The summed E-state index contributed by atoms with van der Waals surface area (Å²) in [5, 5.41) is 2.93. The predicted molar refractivity (Wildman–Crippen MR) is 149 cm³/mol. The Balaban J connectivity index is 2.05. The van der Waals surface area contributed by atoms with Crippen LogP contribution >= 0.6 is 11.6 Å². The summed E-state index contributed by atoms with van der Waals surface area (Å²) in [5.41, 5.74) is 2.10. The van der Waals surface area contributed by atoms with E-state index in [0.717, 1.165) is 15.4 Å². The molecule has 8 nitrogen and oxygen atoms in total. The lowest BCUT2D eigenvalue weighted by molar-refractivity contribution is -0.140. The van der Waals surface area contributed by atoms with Gasteiger partial charge in [-0.25, -0.2) is 8.42 Å². The molecular weight excluding hydrogens is 526 g/mol. The fourth-order valence-electron chi connectivity index (χ4n) is 4.01. The SMILES string of the molecule is CC[C@@H](C(=O)NC)N(Cc1ccc(C)cc1)C(=O)CN(c1cccc(Cl)c1)S(=O)(=O)c1ccc(OC)cc1. The zero-order valence-corrected chi connectivity index (χ0v) is 23.4. The van der Waals surface area contributed by atoms with Crippen molar-refractivity contribution in [3.05, 3.63) is 88.9 Å². The minimum atomic E-state index is -4.19. The summed E-state index contributed by atoms with van der Waals surface area (Å²) in [4.78, 5) is 28.0. The number of hydrogen-bond donors (Lipinski definition) is 1. The van der Waals surface area contributed by atoms with Gasteiger partial charge >= 0.3 is 0 Å². The third-order valence-electron chi connectivity index (χ3n) is 6.13. The molecule has 0 radical (unpaired) electrons. The third kappa shape index (κ3) is 6.85. The Labute approximate surface area is 229 Å². The summed E-state index contributed by atoms with van der Waals surface area (Å²) in [6, 6.07) is 19.0. The molecule has 2 amide bonds. The number of sulfonamides is 1. The van der Waals surface area contributed by atoms with E-state index in [1.165, 1.54) is 49.4 Å². The highest BCUT2D eigenvalue weighted by Crippen LogP contribution is 2.28. The third-order valence-corrected chi connectivity index (χ3v) is 8.15. The highest BCUT2D eigenvalue weighted by atomic mass is 35.5. The van der Waals surface area contributed by atoms with E-state index in [2.05, 4.69) is 5.32 Å². The Morgan fingerprint density at radius 1 is 1.03 bits per heavy atom. The number of amides is 2. The lowest BCUT2D eigenvalue weighted by atomic mass is 10.1. The van der Waals surface area contributed by atoms with Crippen LogP contribution in [0.15, 0.2) is 77.7 Å². The number of halogens is 1. The molecule has 0 aliphatic carbocycles. The highest BCUT2D eigenvalue weighted by Gasteiger charge is 2.33. The first-order chi connectivity index (χ1) is 18.1. The smallest absolute Gasteiger partial charge is 0.264 e. The van der Waals surface area contributed by atoms with E-state index >= 15 is 0 Å². The number of rotatable bonds is 11. The van der Waals surface area contributed by atoms with Crippen LogP contribution in [0.4, 0.5) is 5.69 Å². The molecule has 3 rings (SSSR count). The molecule has 38 heavy (non-hydrogen) atoms. The average Bonchev–Trinajstić information content (AvgIpc) is 2.92. The fraction of sp³-hybridized carbons (Fsp3) is 0.286. The molecule has 10 heteroatoms. The molecule has 0 saturated carbocycles. The van der Waals surface area contributed by atoms with Gasteiger partial charge in [-0.2, -0.15) is 0 Å². The van der Waals surface area contributed by atoms with Gasteiger partial charge in [-0.05, 0) is 61.4 Å². The second-order valence-electron chi connectivity index (χ2n) is 8.71. The Bertz CT molecular complexity index is 1360. The molecule has 0 aromatic heterocycles. The molecule has 1 N–H and O–H groups in total. The van der Waals surface area contributed by atoms with Gasteiger partial charge in [0, 0.05) is 18.6 Å². The quantitative estimate of drug-likeness (QED) is 0.377. The summed E-state index contributed by atoms with van der Waals surface area (Å²) in [7, 11) is -1.20. The molecule has 3 aromatic carbocycles. The minimum absolute atomic E-state index is 0.0190. The van der Waals surface area contributed by atoms with E-state index in [1.54, 1.807) is 25.1 Å². The predicted octanol–water partition coefficient (Wildman–Crippen LogP) is 4.41. The monoisotopic (exact) mass is 557 g/mol. The minimum Gasteiger partial charge on any atom is -0.497 e. The number of methoxy groups -OCH3 is 1. The van der Waals surface area contributed by atoms with Crippen LogP contribution < -0.4 is 14.4 Å². The van der Waals surface area contributed by atoms with Crippen LogP contribution in [-0.4, -0.2) is 51.9 Å². The lowest BCUT2D eigenvalue weighted by Gasteiger charge is -2.33. The van der Waals surface area contributed by atoms with Crippen molar-refractivity contribution in [3.63, 3.8) is 0 Å². The Morgan fingerprint density at radius 3 is 2.24 bits per heavy atom. The molecule has 0 unspecified atom stereocenters. The van der Waals surface area contributed by atoms with E-state index in [1.807, 2.05) is 31.2 Å². The van der Waals surface area contributed by atoms with Crippen LogP contribution in [-0.2, 0) is 26.2 Å². The molecule has 3 aromatic rings. The largest absolute Gasteiger partial charge is 0.497 e. The van der Waals surface area contributed by atoms with Crippen molar-refractivity contribution in [2.45, 2.75) is 37.8 Å². The first-order valence-corrected chi connectivity index (χ1v) is 13.9. The van der Waals surface area contributed by atoms with Crippen LogP contribution in [0.25, 0.3) is 0 Å². The van der Waals surface area contributed by atoms with Gasteiger partial charge in [-0.1, -0.05) is 54.4 Å². The van der Waals surface area contributed by atoms with Crippen LogP contribution in [0.3, 0.4) is 0 Å². The number of ether oxygens (including phenoxy) is 1. The first-order valence-electron chi connectivity index (χ1n) is 12.1. The fourth-order valence-corrected chi connectivity index (χ4v) is 5.60. The molecule has 0 heterocycles. The number of nitrogens with zero attached hydrogens (tertiary/aromatic N) is 2. The van der Waals surface area contributed by atoms with Crippen molar-refractivity contribution in [2.24, 2.45) is 0 Å². The maximum Gasteiger partial charge on any atom is 0.264 e. The topological polar surface area (TPSA) is 96.0 Å². The normalized spacial score (nSPS) is 11.9. The Hall–Kier alpha value is -3.56. The Morgan fingerprint density at radius 2 is 1.68 bits per heavy atom. The highest BCUT2D eigenvalue weighted by molar-refractivity contribution is 7.92. The summed E-state index contributed by atoms with van der Waals surface area (Å²) in [6.07, 6.45) is 0.347. The number of nitrogens with one attached hydrogen (secondary N) is 1. The molecule has 0 bridgehead atoms. The average molecular weight is 558 g/mol. The van der Waals surface area contributed by atoms with Crippen molar-refractivity contribution in [2.75, 3.05) is 25.0 Å². The van der Waals surface area contributed by atoms with Gasteiger partial charge in [0.25, 0.3) is 10.0 Å². The van der Waals surface area contributed by atoms with Crippen LogP contribution in [0.1, 0.15) is 24.5 Å².